The van der Waals surface area contributed by atoms with Gasteiger partial charge in [0.25, 0.3) is 0 Å². The standard InChI is InChI=1S/C12H12N2O/c1-9-2-4-10(5-3-9)15-11-6-7-12(13)14-8-11/h2-8H,1H3,(H2,13,14). The number of aryl methyl sites for hydroxylation is 1. The number of hydrogen-bond acceptors (Lipinski definition) is 3. The fraction of sp³-hybridized carbons (Fsp3) is 0.0833. The molecule has 0 saturated heterocycles. The summed E-state index contributed by atoms with van der Waals surface area (Å²) in [5, 5.41) is 0. The molecular formula is C12H12N2O. The predicted octanol–water partition coefficient (Wildman–Crippen LogP) is 2.76. The second-order valence-corrected chi connectivity index (χ2v) is 3.33. The Bertz CT molecular complexity index is 391. The number of hydrogen-bond donors (Lipinski definition) is 1. The molecule has 1 heterocycles. The van der Waals surface area contributed by atoms with Gasteiger partial charge in [0, 0.05) is 0 Å². The number of nitrogens with two attached hydrogens (primary N) is 1. The van der Waals surface area contributed by atoms with Gasteiger partial charge < -0.3 is 10.5 Å². The van der Waals surface area contributed by atoms with E-state index in [1.54, 1.807) is 18.3 Å². The van der Waals surface area contributed by atoms with Crippen molar-refractivity contribution in [2.24, 2.45) is 0 Å². The van der Waals surface area contributed by atoms with Gasteiger partial charge >= 0.3 is 0 Å². The van der Waals surface area contributed by atoms with Crippen LogP contribution in [0, 0.1) is 6.92 Å². The van der Waals surface area contributed by atoms with Crippen molar-refractivity contribution in [2.75, 3.05) is 5.73 Å². The highest BCUT2D eigenvalue weighted by molar-refractivity contribution is 5.36. The topological polar surface area (TPSA) is 48.1 Å². The molecule has 76 valence electrons. The molecule has 0 unspecified atom stereocenters. The third-order valence-corrected chi connectivity index (χ3v) is 2.02. The number of nitrogens with zero attached hydrogens (tertiary/aromatic N) is 1. The van der Waals surface area contributed by atoms with Crippen LogP contribution in [0.3, 0.4) is 0 Å². The highest BCUT2D eigenvalue weighted by Crippen LogP contribution is 2.20. The van der Waals surface area contributed by atoms with Gasteiger partial charge in [0.2, 0.25) is 0 Å². The van der Waals surface area contributed by atoms with Gasteiger partial charge in [-0.15, -0.1) is 0 Å². The summed E-state index contributed by atoms with van der Waals surface area (Å²) in [5.41, 5.74) is 6.68. The molecule has 2 aromatic rings. The molecule has 0 spiro atoms. The molecule has 1 aromatic heterocycles. The molecule has 0 aliphatic heterocycles. The van der Waals surface area contributed by atoms with E-state index >= 15 is 0 Å². The van der Waals surface area contributed by atoms with Crippen LogP contribution in [0.25, 0.3) is 0 Å². The Balaban J connectivity index is 2.15. The number of rotatable bonds is 2. The van der Waals surface area contributed by atoms with E-state index in [2.05, 4.69) is 4.98 Å². The Kier molecular flexibility index (Phi) is 2.54. The van der Waals surface area contributed by atoms with Crippen LogP contribution in [-0.4, -0.2) is 4.98 Å². The van der Waals surface area contributed by atoms with Crippen molar-refractivity contribution in [1.82, 2.24) is 4.98 Å². The zero-order valence-corrected chi connectivity index (χ0v) is 8.47. The number of aromatic nitrogens is 1. The third kappa shape index (κ3) is 2.47. The molecule has 0 fully saturated rings. The Morgan fingerprint density at radius 2 is 1.67 bits per heavy atom. The van der Waals surface area contributed by atoms with Gasteiger partial charge in [-0.25, -0.2) is 4.98 Å². The van der Waals surface area contributed by atoms with Crippen LogP contribution in [0.4, 0.5) is 5.82 Å². The summed E-state index contributed by atoms with van der Waals surface area (Å²) in [4.78, 5) is 3.95. The van der Waals surface area contributed by atoms with Gasteiger partial charge in [0.05, 0.1) is 6.20 Å². The minimum absolute atomic E-state index is 0.492. The average molecular weight is 200 g/mol. The van der Waals surface area contributed by atoms with E-state index in [1.165, 1.54) is 5.56 Å². The summed E-state index contributed by atoms with van der Waals surface area (Å²) in [5.74, 6) is 1.98. The number of benzene rings is 1. The molecule has 2 rings (SSSR count). The number of ether oxygens (including phenoxy) is 1. The first-order chi connectivity index (χ1) is 7.24. The first-order valence-electron chi connectivity index (χ1n) is 4.70. The van der Waals surface area contributed by atoms with E-state index in [9.17, 15) is 0 Å². The van der Waals surface area contributed by atoms with Gasteiger partial charge in [0.1, 0.15) is 17.3 Å². The Hall–Kier alpha value is -2.03. The molecular weight excluding hydrogens is 188 g/mol. The quantitative estimate of drug-likeness (QED) is 0.810. The van der Waals surface area contributed by atoms with Crippen LogP contribution in [0.5, 0.6) is 11.5 Å². The van der Waals surface area contributed by atoms with Crippen LogP contribution in [-0.2, 0) is 0 Å². The minimum Gasteiger partial charge on any atom is -0.456 e. The van der Waals surface area contributed by atoms with Crippen LogP contribution < -0.4 is 10.5 Å². The second-order valence-electron chi connectivity index (χ2n) is 3.33. The van der Waals surface area contributed by atoms with Crippen LogP contribution in [0.2, 0.25) is 0 Å². The molecule has 15 heavy (non-hydrogen) atoms. The van der Waals surface area contributed by atoms with Gasteiger partial charge in [-0.2, -0.15) is 0 Å². The largest absolute Gasteiger partial charge is 0.456 e. The molecule has 0 amide bonds. The third-order valence-electron chi connectivity index (χ3n) is 2.02. The van der Waals surface area contributed by atoms with E-state index in [0.717, 1.165) is 5.75 Å². The molecule has 3 nitrogen and oxygen atoms in total. The van der Waals surface area contributed by atoms with Crippen molar-refractivity contribution in [2.45, 2.75) is 6.92 Å². The molecule has 0 saturated carbocycles. The lowest BCUT2D eigenvalue weighted by atomic mass is 10.2. The van der Waals surface area contributed by atoms with Crippen molar-refractivity contribution < 1.29 is 4.74 Å². The van der Waals surface area contributed by atoms with Gasteiger partial charge in [-0.1, -0.05) is 17.7 Å². The molecule has 0 aliphatic rings. The SMILES string of the molecule is Cc1ccc(Oc2ccc(N)nc2)cc1. The van der Waals surface area contributed by atoms with E-state index in [4.69, 9.17) is 10.5 Å². The summed E-state index contributed by atoms with van der Waals surface area (Å²) in [6.45, 7) is 2.04. The minimum atomic E-state index is 0.492. The normalized spacial score (nSPS) is 9.93. The van der Waals surface area contributed by atoms with Crippen molar-refractivity contribution >= 4 is 5.82 Å². The zero-order chi connectivity index (χ0) is 10.7. The van der Waals surface area contributed by atoms with Crippen molar-refractivity contribution in [3.8, 4) is 11.5 Å². The van der Waals surface area contributed by atoms with E-state index in [0.29, 0.717) is 11.6 Å². The van der Waals surface area contributed by atoms with Crippen LogP contribution in [0.15, 0.2) is 42.6 Å². The monoisotopic (exact) mass is 200 g/mol. The highest BCUT2D eigenvalue weighted by Gasteiger charge is 1.96. The smallest absolute Gasteiger partial charge is 0.145 e. The molecule has 3 heteroatoms. The molecule has 1 aromatic carbocycles. The lowest BCUT2D eigenvalue weighted by molar-refractivity contribution is 0.480. The summed E-state index contributed by atoms with van der Waals surface area (Å²) in [6, 6.07) is 11.4. The number of anilines is 1. The summed E-state index contributed by atoms with van der Waals surface area (Å²) in [6.07, 6.45) is 1.61. The van der Waals surface area contributed by atoms with Crippen molar-refractivity contribution in [3.05, 3.63) is 48.2 Å². The maximum absolute atomic E-state index is 5.57. The first kappa shape index (κ1) is 9.52. The fourth-order valence-electron chi connectivity index (χ4n) is 1.19. The lowest BCUT2D eigenvalue weighted by Crippen LogP contribution is -1.90. The Labute approximate surface area is 88.5 Å². The molecule has 2 N–H and O–H groups in total. The second kappa shape index (κ2) is 4.00. The zero-order valence-electron chi connectivity index (χ0n) is 8.47. The summed E-state index contributed by atoms with van der Waals surface area (Å²) >= 11 is 0. The lowest BCUT2D eigenvalue weighted by Gasteiger charge is -2.05. The number of nitrogen functional groups attached to an aromatic ring is 1. The van der Waals surface area contributed by atoms with Gasteiger partial charge in [-0.05, 0) is 31.2 Å². The Morgan fingerprint density at radius 1 is 1.00 bits per heavy atom. The summed E-state index contributed by atoms with van der Waals surface area (Å²) in [7, 11) is 0. The van der Waals surface area contributed by atoms with Gasteiger partial charge in [-0.3, -0.25) is 0 Å². The molecule has 0 radical (unpaired) electrons. The maximum Gasteiger partial charge on any atom is 0.145 e. The molecule has 0 atom stereocenters. The summed E-state index contributed by atoms with van der Waals surface area (Å²) < 4.78 is 5.57. The van der Waals surface area contributed by atoms with E-state index < -0.39 is 0 Å². The molecule has 0 aliphatic carbocycles. The van der Waals surface area contributed by atoms with E-state index in [1.807, 2.05) is 31.2 Å². The Morgan fingerprint density at radius 3 is 2.27 bits per heavy atom. The molecule has 0 bridgehead atoms. The van der Waals surface area contributed by atoms with Crippen molar-refractivity contribution in [3.63, 3.8) is 0 Å². The highest BCUT2D eigenvalue weighted by atomic mass is 16.5. The maximum atomic E-state index is 5.57. The average Bonchev–Trinajstić information content (AvgIpc) is 2.25. The predicted molar refractivity (Wildman–Crippen MR) is 59.9 cm³/mol. The van der Waals surface area contributed by atoms with Gasteiger partial charge in [0.15, 0.2) is 0 Å². The van der Waals surface area contributed by atoms with E-state index in [-0.39, 0.29) is 0 Å². The van der Waals surface area contributed by atoms with Crippen molar-refractivity contribution in [1.29, 1.82) is 0 Å². The van der Waals surface area contributed by atoms with Crippen LogP contribution >= 0.6 is 0 Å². The first-order valence-corrected chi connectivity index (χ1v) is 4.70. The van der Waals surface area contributed by atoms with Crippen LogP contribution in [0.1, 0.15) is 5.56 Å². The number of pyridine rings is 1. The fourth-order valence-corrected chi connectivity index (χ4v) is 1.19.